The van der Waals surface area contributed by atoms with Crippen LogP contribution in [0.15, 0.2) is 65.1 Å². The molecule has 0 spiro atoms. The zero-order valence-electron chi connectivity index (χ0n) is 19.3. The first-order valence-electron chi connectivity index (χ1n) is 11.7. The molecule has 0 aliphatic carbocycles. The first-order valence-corrected chi connectivity index (χ1v) is 12.5. The Balaban J connectivity index is 1.49. The summed E-state index contributed by atoms with van der Waals surface area (Å²) in [6.45, 7) is 3.00. The largest absolute Gasteiger partial charge is 0.480 e. The van der Waals surface area contributed by atoms with Crippen molar-refractivity contribution in [3.63, 3.8) is 0 Å². The molecule has 0 aromatic heterocycles. The standard InChI is InChI=1S/C28H25BrN2O4/c1-17-20(18-8-3-2-4-9-18)10-7-12-24(17)31-26(32)21-14-19(23(29)15-22(21)27(31)33)16-30-13-6-5-11-25(30)28(34)35/h2-4,7-10,12,14-15,25H,5-6,11,13,16H2,1H3,(H,34,35)/t25-/m0/s1. The molecular weight excluding hydrogens is 508 g/mol. The number of carbonyl (C=O) groups is 3. The number of likely N-dealkylation sites (tertiary alicyclic amines) is 1. The number of aliphatic carboxylic acids is 1. The van der Waals surface area contributed by atoms with Gasteiger partial charge < -0.3 is 5.11 Å². The zero-order chi connectivity index (χ0) is 24.7. The molecule has 7 heteroatoms. The molecule has 3 aromatic carbocycles. The van der Waals surface area contributed by atoms with E-state index in [-0.39, 0.29) is 11.8 Å². The Kier molecular flexibility index (Phi) is 6.30. The summed E-state index contributed by atoms with van der Waals surface area (Å²) < 4.78 is 0.698. The maximum absolute atomic E-state index is 13.5. The highest BCUT2D eigenvalue weighted by atomic mass is 79.9. The topological polar surface area (TPSA) is 77.9 Å². The predicted molar refractivity (Wildman–Crippen MR) is 138 cm³/mol. The van der Waals surface area contributed by atoms with Gasteiger partial charge in [-0.3, -0.25) is 19.3 Å². The highest BCUT2D eigenvalue weighted by Gasteiger charge is 2.39. The number of imide groups is 1. The summed E-state index contributed by atoms with van der Waals surface area (Å²) >= 11 is 3.56. The fourth-order valence-electron chi connectivity index (χ4n) is 5.12. The third-order valence-corrected chi connectivity index (χ3v) is 7.69. The normalized spacial score (nSPS) is 18.1. The second-order valence-electron chi connectivity index (χ2n) is 9.07. The average Bonchev–Trinajstić information content (AvgIpc) is 3.09. The number of benzene rings is 3. The van der Waals surface area contributed by atoms with Crippen molar-refractivity contribution >= 4 is 39.4 Å². The number of anilines is 1. The minimum atomic E-state index is -0.826. The summed E-state index contributed by atoms with van der Waals surface area (Å²) in [5, 5.41) is 9.62. The fourth-order valence-corrected chi connectivity index (χ4v) is 5.59. The maximum atomic E-state index is 13.5. The van der Waals surface area contributed by atoms with Crippen LogP contribution in [0.3, 0.4) is 0 Å². The summed E-state index contributed by atoms with van der Waals surface area (Å²) in [5.74, 6) is -1.54. The number of rotatable bonds is 5. The van der Waals surface area contributed by atoms with E-state index in [1.807, 2.05) is 54.3 Å². The molecule has 2 aliphatic rings. The van der Waals surface area contributed by atoms with Gasteiger partial charge in [0.15, 0.2) is 0 Å². The molecule has 3 aromatic rings. The van der Waals surface area contributed by atoms with Crippen LogP contribution in [0.5, 0.6) is 0 Å². The van der Waals surface area contributed by atoms with Crippen molar-refractivity contribution in [2.75, 3.05) is 11.4 Å². The van der Waals surface area contributed by atoms with Gasteiger partial charge in [0.2, 0.25) is 0 Å². The number of hydrogen-bond acceptors (Lipinski definition) is 4. The van der Waals surface area contributed by atoms with Crippen LogP contribution >= 0.6 is 15.9 Å². The van der Waals surface area contributed by atoms with Crippen LogP contribution in [0, 0.1) is 6.92 Å². The molecule has 1 N–H and O–H groups in total. The van der Waals surface area contributed by atoms with E-state index in [1.54, 1.807) is 18.2 Å². The van der Waals surface area contributed by atoms with E-state index in [0.29, 0.717) is 40.8 Å². The SMILES string of the molecule is Cc1c(-c2ccccc2)cccc1N1C(=O)c2cc(Br)c(CN3CCCC[C@H]3C(=O)O)cc2C1=O. The smallest absolute Gasteiger partial charge is 0.320 e. The number of nitrogens with zero attached hydrogens (tertiary/aromatic N) is 2. The molecule has 0 saturated carbocycles. The van der Waals surface area contributed by atoms with Crippen molar-refractivity contribution in [2.24, 2.45) is 0 Å². The fraction of sp³-hybridized carbons (Fsp3) is 0.250. The molecule has 2 aliphatic heterocycles. The van der Waals surface area contributed by atoms with Crippen molar-refractivity contribution < 1.29 is 19.5 Å². The van der Waals surface area contributed by atoms with Crippen molar-refractivity contribution in [3.8, 4) is 11.1 Å². The molecule has 0 bridgehead atoms. The summed E-state index contributed by atoms with van der Waals surface area (Å²) in [7, 11) is 0. The average molecular weight is 533 g/mol. The van der Waals surface area contributed by atoms with Gasteiger partial charge in [-0.05, 0) is 66.8 Å². The summed E-state index contributed by atoms with van der Waals surface area (Å²) in [6, 6.07) is 18.4. The Hall–Kier alpha value is -3.29. The lowest BCUT2D eigenvalue weighted by molar-refractivity contribution is -0.144. The Morgan fingerprint density at radius 3 is 2.40 bits per heavy atom. The molecule has 6 nitrogen and oxygen atoms in total. The van der Waals surface area contributed by atoms with E-state index < -0.39 is 12.0 Å². The van der Waals surface area contributed by atoms with Crippen LogP contribution in [0.25, 0.3) is 11.1 Å². The van der Waals surface area contributed by atoms with Crippen molar-refractivity contribution in [1.82, 2.24) is 4.90 Å². The summed E-state index contributed by atoms with van der Waals surface area (Å²) in [4.78, 5) is 41.8. The van der Waals surface area contributed by atoms with Gasteiger partial charge >= 0.3 is 5.97 Å². The minimum absolute atomic E-state index is 0.349. The monoisotopic (exact) mass is 532 g/mol. The number of carbonyl (C=O) groups excluding carboxylic acids is 2. The van der Waals surface area contributed by atoms with E-state index >= 15 is 0 Å². The predicted octanol–water partition coefficient (Wildman–Crippen LogP) is 5.66. The van der Waals surface area contributed by atoms with E-state index in [2.05, 4.69) is 15.9 Å². The molecule has 1 saturated heterocycles. The molecule has 5 rings (SSSR count). The van der Waals surface area contributed by atoms with Gasteiger partial charge in [-0.1, -0.05) is 64.8 Å². The third-order valence-electron chi connectivity index (χ3n) is 6.96. The Labute approximate surface area is 212 Å². The van der Waals surface area contributed by atoms with Crippen LogP contribution in [0.1, 0.15) is 51.1 Å². The number of hydrogen-bond donors (Lipinski definition) is 1. The van der Waals surface area contributed by atoms with E-state index in [0.717, 1.165) is 35.1 Å². The van der Waals surface area contributed by atoms with Crippen LogP contribution in [-0.2, 0) is 11.3 Å². The maximum Gasteiger partial charge on any atom is 0.320 e. The highest BCUT2D eigenvalue weighted by molar-refractivity contribution is 9.10. The molecule has 2 heterocycles. The Morgan fingerprint density at radius 1 is 0.971 bits per heavy atom. The molecule has 0 radical (unpaired) electrons. The Morgan fingerprint density at radius 2 is 1.69 bits per heavy atom. The van der Waals surface area contributed by atoms with Gasteiger partial charge in [-0.2, -0.15) is 0 Å². The lowest BCUT2D eigenvalue weighted by atomic mass is 9.99. The van der Waals surface area contributed by atoms with E-state index in [1.165, 1.54) is 4.90 Å². The number of carboxylic acids is 1. The second kappa shape index (κ2) is 9.40. The first kappa shape index (κ1) is 23.5. The third kappa shape index (κ3) is 4.19. The van der Waals surface area contributed by atoms with Crippen molar-refractivity contribution in [2.45, 2.75) is 38.8 Å². The molecule has 35 heavy (non-hydrogen) atoms. The first-order chi connectivity index (χ1) is 16.9. The molecule has 1 atom stereocenters. The van der Waals surface area contributed by atoms with Gasteiger partial charge in [0.05, 0.1) is 16.8 Å². The van der Waals surface area contributed by atoms with Gasteiger partial charge in [-0.25, -0.2) is 4.90 Å². The number of halogens is 1. The van der Waals surface area contributed by atoms with E-state index in [4.69, 9.17) is 0 Å². The van der Waals surface area contributed by atoms with Gasteiger partial charge in [-0.15, -0.1) is 0 Å². The lowest BCUT2D eigenvalue weighted by Crippen LogP contribution is -2.44. The lowest BCUT2D eigenvalue weighted by Gasteiger charge is -2.33. The van der Waals surface area contributed by atoms with Crippen LogP contribution in [0.4, 0.5) is 5.69 Å². The van der Waals surface area contributed by atoms with Crippen molar-refractivity contribution in [1.29, 1.82) is 0 Å². The molecule has 1 fully saturated rings. The second-order valence-corrected chi connectivity index (χ2v) is 9.93. The summed E-state index contributed by atoms with van der Waals surface area (Å²) in [5.41, 5.74) is 4.90. The summed E-state index contributed by atoms with van der Waals surface area (Å²) in [6.07, 6.45) is 2.44. The zero-order valence-corrected chi connectivity index (χ0v) is 20.9. The molecule has 2 amide bonds. The highest BCUT2D eigenvalue weighted by Crippen LogP contribution is 2.37. The van der Waals surface area contributed by atoms with Crippen LogP contribution in [0.2, 0.25) is 0 Å². The quantitative estimate of drug-likeness (QED) is 0.428. The van der Waals surface area contributed by atoms with Gasteiger partial charge in [0.1, 0.15) is 6.04 Å². The number of carboxylic acid groups (broad SMARTS) is 1. The molecule has 178 valence electrons. The Bertz CT molecular complexity index is 1340. The molecular formula is C28H25BrN2O4. The minimum Gasteiger partial charge on any atom is -0.480 e. The number of piperidine rings is 1. The van der Waals surface area contributed by atoms with E-state index in [9.17, 15) is 19.5 Å². The number of amides is 2. The number of fused-ring (bicyclic) bond motifs is 1. The van der Waals surface area contributed by atoms with Crippen molar-refractivity contribution in [3.05, 3.63) is 87.4 Å². The van der Waals surface area contributed by atoms with Gasteiger partial charge in [0.25, 0.3) is 11.8 Å². The van der Waals surface area contributed by atoms with Gasteiger partial charge in [0, 0.05) is 11.0 Å². The molecule has 0 unspecified atom stereocenters. The van der Waals surface area contributed by atoms with Crippen LogP contribution < -0.4 is 4.90 Å². The van der Waals surface area contributed by atoms with Crippen LogP contribution in [-0.4, -0.2) is 40.4 Å².